The van der Waals surface area contributed by atoms with Gasteiger partial charge in [-0.15, -0.1) is 0 Å². The molecule has 3 aliphatic carbocycles. The summed E-state index contributed by atoms with van der Waals surface area (Å²) in [7, 11) is 0. The first-order chi connectivity index (χ1) is 15.8. The molecule has 7 atom stereocenters. The summed E-state index contributed by atoms with van der Waals surface area (Å²) in [6, 6.07) is 3.76. The molecule has 0 saturated heterocycles. The molecule has 0 aliphatic heterocycles. The molecule has 0 unspecified atom stereocenters. The number of aliphatic hydroxyl groups is 1. The van der Waals surface area contributed by atoms with Crippen LogP contribution in [0.5, 0.6) is 0 Å². The average molecular weight is 459 g/mol. The fraction of sp³-hybridized carbons (Fsp3) is 0.778. The SMILES string of the molecule is C[C@@H]1[C@@H]2[C@@H](O)[C@@H]([C@H](C)C(=O)NCc3ccco3)CC[C@]2(C)CC[C@@H]1NC(=O)C1CCCCC1. The summed E-state index contributed by atoms with van der Waals surface area (Å²) < 4.78 is 5.32. The largest absolute Gasteiger partial charge is 0.467 e. The van der Waals surface area contributed by atoms with E-state index in [2.05, 4.69) is 24.5 Å². The number of rotatable bonds is 6. The van der Waals surface area contributed by atoms with Crippen molar-refractivity contribution in [1.29, 1.82) is 0 Å². The maximum atomic E-state index is 12.9. The predicted octanol–water partition coefficient (Wildman–Crippen LogP) is 4.42. The molecule has 33 heavy (non-hydrogen) atoms. The third kappa shape index (κ3) is 5.16. The summed E-state index contributed by atoms with van der Waals surface area (Å²) in [4.78, 5) is 25.8. The quantitative estimate of drug-likeness (QED) is 0.588. The molecule has 184 valence electrons. The number of furan rings is 1. The van der Waals surface area contributed by atoms with E-state index in [9.17, 15) is 14.7 Å². The lowest BCUT2D eigenvalue weighted by Crippen LogP contribution is -2.59. The maximum Gasteiger partial charge on any atom is 0.223 e. The first kappa shape index (κ1) is 24.3. The lowest BCUT2D eigenvalue weighted by atomic mass is 9.51. The number of aliphatic hydroxyl groups excluding tert-OH is 1. The third-order valence-electron chi connectivity index (χ3n) is 9.26. The Morgan fingerprint density at radius 2 is 1.91 bits per heavy atom. The Kier molecular flexibility index (Phi) is 7.52. The van der Waals surface area contributed by atoms with E-state index in [0.717, 1.165) is 57.1 Å². The van der Waals surface area contributed by atoms with E-state index in [1.807, 2.05) is 19.1 Å². The van der Waals surface area contributed by atoms with Crippen LogP contribution in [0.2, 0.25) is 0 Å². The van der Waals surface area contributed by atoms with E-state index in [1.54, 1.807) is 6.26 Å². The van der Waals surface area contributed by atoms with Crippen molar-refractivity contribution in [2.24, 2.45) is 35.0 Å². The first-order valence-electron chi connectivity index (χ1n) is 13.1. The molecule has 3 saturated carbocycles. The van der Waals surface area contributed by atoms with Gasteiger partial charge in [-0.2, -0.15) is 0 Å². The molecule has 4 rings (SSSR count). The number of carbonyl (C=O) groups is 2. The average Bonchev–Trinajstić information content (AvgIpc) is 3.33. The minimum absolute atomic E-state index is 0.0373. The van der Waals surface area contributed by atoms with Crippen LogP contribution in [0, 0.1) is 35.0 Å². The molecule has 3 fully saturated rings. The minimum atomic E-state index is -0.544. The number of hydrogen-bond donors (Lipinski definition) is 3. The van der Waals surface area contributed by atoms with Crippen LogP contribution in [0.15, 0.2) is 22.8 Å². The van der Waals surface area contributed by atoms with Crippen molar-refractivity contribution >= 4 is 11.8 Å². The first-order valence-corrected chi connectivity index (χ1v) is 13.1. The molecule has 1 aromatic heterocycles. The van der Waals surface area contributed by atoms with Gasteiger partial charge in [-0.05, 0) is 73.8 Å². The van der Waals surface area contributed by atoms with Gasteiger partial charge in [0, 0.05) is 17.9 Å². The Morgan fingerprint density at radius 1 is 1.18 bits per heavy atom. The molecule has 2 amide bonds. The second-order valence-corrected chi connectivity index (χ2v) is 11.3. The van der Waals surface area contributed by atoms with Crippen molar-refractivity contribution in [1.82, 2.24) is 10.6 Å². The molecular weight excluding hydrogens is 416 g/mol. The van der Waals surface area contributed by atoms with Crippen LogP contribution >= 0.6 is 0 Å². The molecule has 0 spiro atoms. The standard InChI is InChI=1S/C27H42N2O4/c1-17(25(31)28-16-20-10-7-15-33-20)21-11-13-27(3)14-12-22(18(2)23(27)24(21)30)29-26(32)19-8-5-4-6-9-19/h7,10,15,17-19,21-24,30H,4-6,8-9,11-14,16H2,1-3H3,(H,28,31)(H,29,32)/t17-,18-,21+,22-,23+,24-,27+/m0/s1. The lowest BCUT2D eigenvalue weighted by Gasteiger charge is -2.56. The van der Waals surface area contributed by atoms with E-state index in [4.69, 9.17) is 4.42 Å². The lowest BCUT2D eigenvalue weighted by molar-refractivity contribution is -0.144. The third-order valence-corrected chi connectivity index (χ3v) is 9.26. The van der Waals surface area contributed by atoms with Gasteiger partial charge < -0.3 is 20.2 Å². The Morgan fingerprint density at radius 3 is 2.61 bits per heavy atom. The molecule has 0 aromatic carbocycles. The highest BCUT2D eigenvalue weighted by Gasteiger charge is 2.54. The van der Waals surface area contributed by atoms with Gasteiger partial charge in [0.15, 0.2) is 0 Å². The van der Waals surface area contributed by atoms with Gasteiger partial charge in [0.05, 0.1) is 18.9 Å². The number of fused-ring (bicyclic) bond motifs is 1. The van der Waals surface area contributed by atoms with E-state index < -0.39 is 6.10 Å². The zero-order valence-corrected chi connectivity index (χ0v) is 20.5. The van der Waals surface area contributed by atoms with Crippen molar-refractivity contribution in [3.8, 4) is 0 Å². The van der Waals surface area contributed by atoms with Crippen molar-refractivity contribution < 1.29 is 19.1 Å². The maximum absolute atomic E-state index is 12.9. The molecule has 0 radical (unpaired) electrons. The zero-order chi connectivity index (χ0) is 23.6. The zero-order valence-electron chi connectivity index (χ0n) is 20.5. The highest BCUT2D eigenvalue weighted by atomic mass is 16.3. The molecule has 3 aliphatic rings. The van der Waals surface area contributed by atoms with Crippen LogP contribution in [0.1, 0.15) is 84.3 Å². The summed E-state index contributed by atoms with van der Waals surface area (Å²) >= 11 is 0. The van der Waals surface area contributed by atoms with Gasteiger partial charge in [-0.25, -0.2) is 0 Å². The van der Waals surface area contributed by atoms with Gasteiger partial charge >= 0.3 is 0 Å². The molecule has 6 nitrogen and oxygen atoms in total. The van der Waals surface area contributed by atoms with Crippen LogP contribution in [-0.2, 0) is 16.1 Å². The highest BCUT2D eigenvalue weighted by Crippen LogP contribution is 2.55. The van der Waals surface area contributed by atoms with E-state index >= 15 is 0 Å². The molecule has 0 bridgehead atoms. The molecule has 1 aromatic rings. The van der Waals surface area contributed by atoms with Gasteiger partial charge in [0.25, 0.3) is 0 Å². The number of carbonyl (C=O) groups excluding carboxylic acids is 2. The Hall–Kier alpha value is -1.82. The van der Waals surface area contributed by atoms with Crippen LogP contribution in [0.25, 0.3) is 0 Å². The molecular formula is C27H42N2O4. The van der Waals surface area contributed by atoms with Crippen LogP contribution in [0.4, 0.5) is 0 Å². The fourth-order valence-electron chi connectivity index (χ4n) is 7.11. The van der Waals surface area contributed by atoms with E-state index in [1.165, 1.54) is 6.42 Å². The van der Waals surface area contributed by atoms with E-state index in [0.29, 0.717) is 6.54 Å². The van der Waals surface area contributed by atoms with Crippen molar-refractivity contribution in [3.05, 3.63) is 24.2 Å². The number of nitrogens with one attached hydrogen (secondary N) is 2. The second kappa shape index (κ2) is 10.2. The van der Waals surface area contributed by atoms with Gasteiger partial charge in [-0.3, -0.25) is 9.59 Å². The smallest absolute Gasteiger partial charge is 0.223 e. The summed E-state index contributed by atoms with van der Waals surface area (Å²) in [5, 5.41) is 17.9. The van der Waals surface area contributed by atoms with Crippen molar-refractivity contribution in [3.63, 3.8) is 0 Å². The number of amides is 2. The summed E-state index contributed by atoms with van der Waals surface area (Å²) in [6.07, 6.45) is 10.5. The second-order valence-electron chi connectivity index (χ2n) is 11.3. The van der Waals surface area contributed by atoms with E-state index in [-0.39, 0.29) is 52.9 Å². The predicted molar refractivity (Wildman–Crippen MR) is 127 cm³/mol. The van der Waals surface area contributed by atoms with Gasteiger partial charge in [-0.1, -0.05) is 40.0 Å². The Balaban J connectivity index is 1.40. The Bertz CT molecular complexity index is 803. The van der Waals surface area contributed by atoms with Crippen LogP contribution in [-0.4, -0.2) is 29.1 Å². The van der Waals surface area contributed by atoms with Gasteiger partial charge in [0.1, 0.15) is 5.76 Å². The van der Waals surface area contributed by atoms with Crippen molar-refractivity contribution in [2.75, 3.05) is 0 Å². The minimum Gasteiger partial charge on any atom is -0.467 e. The monoisotopic (exact) mass is 458 g/mol. The van der Waals surface area contributed by atoms with Crippen LogP contribution in [0.3, 0.4) is 0 Å². The fourth-order valence-corrected chi connectivity index (χ4v) is 7.11. The van der Waals surface area contributed by atoms with Crippen LogP contribution < -0.4 is 10.6 Å². The number of hydrogen-bond acceptors (Lipinski definition) is 4. The summed E-state index contributed by atoms with van der Waals surface area (Å²) in [5.74, 6) is 0.978. The van der Waals surface area contributed by atoms with Gasteiger partial charge in [0.2, 0.25) is 11.8 Å². The highest BCUT2D eigenvalue weighted by molar-refractivity contribution is 5.79. The Labute approximate surface area is 198 Å². The molecule has 6 heteroatoms. The molecule has 3 N–H and O–H groups in total. The normalized spacial score (nSPS) is 35.9. The summed E-state index contributed by atoms with van der Waals surface area (Å²) in [5.41, 5.74) is 0.0613. The molecule has 1 heterocycles. The summed E-state index contributed by atoms with van der Waals surface area (Å²) in [6.45, 7) is 6.80. The van der Waals surface area contributed by atoms with Crippen molar-refractivity contribution in [2.45, 2.75) is 97.2 Å². The topological polar surface area (TPSA) is 91.6 Å².